The number of aliphatic imine (C=N–C) groups is 1. The van der Waals surface area contributed by atoms with Gasteiger partial charge in [-0.15, -0.1) is 0 Å². The maximum Gasteiger partial charge on any atom is 0.140 e. The first-order valence-electron chi connectivity index (χ1n) is 4.96. The average Bonchev–Trinajstić information content (AvgIpc) is 2.62. The number of aliphatic hydroxyl groups excluding tert-OH is 1. The van der Waals surface area contributed by atoms with E-state index < -0.39 is 0 Å². The van der Waals surface area contributed by atoms with E-state index in [1.807, 2.05) is 24.3 Å². The summed E-state index contributed by atoms with van der Waals surface area (Å²) in [6.07, 6.45) is 0. The van der Waals surface area contributed by atoms with Gasteiger partial charge in [0.2, 0.25) is 0 Å². The Kier molecular flexibility index (Phi) is 3.26. The molecular formula is C12H12ClNOS. The van der Waals surface area contributed by atoms with Crippen LogP contribution in [0.15, 0.2) is 41.6 Å². The average molecular weight is 254 g/mol. The molecule has 0 fully saturated rings. The van der Waals surface area contributed by atoms with E-state index in [1.165, 1.54) is 0 Å². The lowest BCUT2D eigenvalue weighted by atomic mass is 10.1. The van der Waals surface area contributed by atoms with Crippen LogP contribution in [0, 0.1) is 0 Å². The van der Waals surface area contributed by atoms with Crippen LogP contribution in [-0.2, 0) is 0 Å². The van der Waals surface area contributed by atoms with Gasteiger partial charge >= 0.3 is 0 Å². The number of nitrogens with zero attached hydrogens (tertiary/aromatic N) is 1. The minimum atomic E-state index is 0.0494. The molecule has 0 bridgehead atoms. The van der Waals surface area contributed by atoms with Gasteiger partial charge in [0.15, 0.2) is 0 Å². The number of aliphatic hydroxyl groups is 1. The van der Waals surface area contributed by atoms with Gasteiger partial charge in [-0.2, -0.15) is 0 Å². The lowest BCUT2D eigenvalue weighted by Crippen LogP contribution is -2.04. The van der Waals surface area contributed by atoms with E-state index in [-0.39, 0.29) is 11.8 Å². The molecule has 1 aliphatic rings. The summed E-state index contributed by atoms with van der Waals surface area (Å²) in [5.74, 6) is 0.0494. The van der Waals surface area contributed by atoms with E-state index in [2.05, 4.69) is 18.5 Å². The molecule has 2 rings (SSSR count). The standard InChI is InChI=1S/C12H12ClNOS/c1-7(15)12-14-11(8(2)16-12)9-3-5-10(13)6-4-9/h3-6,8,11,15H,1H2,2H3. The SMILES string of the molecule is C=C(O)C1=NC(c2ccc(Cl)cc2)C(C)S1. The molecule has 4 heteroatoms. The van der Waals surface area contributed by atoms with E-state index in [1.54, 1.807) is 11.8 Å². The maximum absolute atomic E-state index is 9.31. The van der Waals surface area contributed by atoms with Crippen LogP contribution in [0.3, 0.4) is 0 Å². The Hall–Kier alpha value is -0.930. The lowest BCUT2D eigenvalue weighted by molar-refractivity contribution is 0.447. The van der Waals surface area contributed by atoms with Gasteiger partial charge in [0.25, 0.3) is 0 Å². The van der Waals surface area contributed by atoms with Crippen molar-refractivity contribution >= 4 is 28.4 Å². The highest BCUT2D eigenvalue weighted by molar-refractivity contribution is 8.15. The second kappa shape index (κ2) is 4.52. The van der Waals surface area contributed by atoms with Gasteiger partial charge in [0.05, 0.1) is 6.04 Å². The van der Waals surface area contributed by atoms with Crippen molar-refractivity contribution in [2.24, 2.45) is 4.99 Å². The molecule has 2 nitrogen and oxygen atoms in total. The Bertz CT molecular complexity index is 441. The molecule has 0 aliphatic carbocycles. The van der Waals surface area contributed by atoms with E-state index in [4.69, 9.17) is 11.6 Å². The maximum atomic E-state index is 9.31. The van der Waals surface area contributed by atoms with E-state index in [0.29, 0.717) is 10.3 Å². The van der Waals surface area contributed by atoms with Gasteiger partial charge < -0.3 is 5.11 Å². The predicted molar refractivity (Wildman–Crippen MR) is 70.4 cm³/mol. The van der Waals surface area contributed by atoms with Crippen molar-refractivity contribution in [3.8, 4) is 0 Å². The summed E-state index contributed by atoms with van der Waals surface area (Å²) in [6, 6.07) is 7.72. The number of rotatable bonds is 2. The first-order valence-corrected chi connectivity index (χ1v) is 6.22. The zero-order valence-corrected chi connectivity index (χ0v) is 10.4. The largest absolute Gasteiger partial charge is 0.506 e. The van der Waals surface area contributed by atoms with Crippen LogP contribution in [0.4, 0.5) is 0 Å². The second-order valence-corrected chi connectivity index (χ2v) is 5.50. The lowest BCUT2D eigenvalue weighted by Gasteiger charge is -2.12. The molecule has 0 aromatic heterocycles. The van der Waals surface area contributed by atoms with Gasteiger partial charge in [0.1, 0.15) is 10.8 Å². The van der Waals surface area contributed by atoms with E-state index in [0.717, 1.165) is 10.6 Å². The molecule has 16 heavy (non-hydrogen) atoms. The molecule has 2 atom stereocenters. The van der Waals surface area contributed by atoms with Gasteiger partial charge in [-0.25, -0.2) is 0 Å². The molecule has 0 amide bonds. The van der Waals surface area contributed by atoms with E-state index in [9.17, 15) is 5.11 Å². The Morgan fingerprint density at radius 2 is 2.06 bits per heavy atom. The summed E-state index contributed by atoms with van der Waals surface area (Å²) < 4.78 is 0. The Morgan fingerprint density at radius 3 is 2.56 bits per heavy atom. The Balaban J connectivity index is 2.28. The first-order chi connectivity index (χ1) is 7.58. The molecule has 0 radical (unpaired) electrons. The van der Waals surface area contributed by atoms with Crippen molar-refractivity contribution < 1.29 is 5.11 Å². The van der Waals surface area contributed by atoms with Crippen LogP contribution in [0.2, 0.25) is 5.02 Å². The third-order valence-electron chi connectivity index (χ3n) is 2.46. The first kappa shape index (κ1) is 11.6. The van der Waals surface area contributed by atoms with Crippen molar-refractivity contribution in [3.05, 3.63) is 47.2 Å². The highest BCUT2D eigenvalue weighted by Gasteiger charge is 2.28. The van der Waals surface area contributed by atoms with Gasteiger partial charge in [-0.05, 0) is 17.7 Å². The number of benzene rings is 1. The summed E-state index contributed by atoms with van der Waals surface area (Å²) >= 11 is 7.39. The van der Waals surface area contributed by atoms with Gasteiger partial charge in [-0.1, -0.05) is 49.0 Å². The van der Waals surface area contributed by atoms with Crippen molar-refractivity contribution in [1.29, 1.82) is 0 Å². The zero-order chi connectivity index (χ0) is 11.7. The predicted octanol–water partition coefficient (Wildman–Crippen LogP) is 3.99. The topological polar surface area (TPSA) is 32.6 Å². The highest BCUT2D eigenvalue weighted by atomic mass is 35.5. The van der Waals surface area contributed by atoms with Crippen LogP contribution < -0.4 is 0 Å². The van der Waals surface area contributed by atoms with Crippen molar-refractivity contribution in [3.63, 3.8) is 0 Å². The monoisotopic (exact) mass is 253 g/mol. The summed E-state index contributed by atoms with van der Waals surface area (Å²) in [6.45, 7) is 5.58. The fourth-order valence-corrected chi connectivity index (χ4v) is 2.79. The molecule has 1 N–H and O–H groups in total. The molecule has 1 aliphatic heterocycles. The molecular weight excluding hydrogens is 242 g/mol. The highest BCUT2D eigenvalue weighted by Crippen LogP contribution is 2.38. The number of halogens is 1. The summed E-state index contributed by atoms with van der Waals surface area (Å²) in [7, 11) is 0. The Morgan fingerprint density at radius 1 is 1.44 bits per heavy atom. The Labute approximate surface area is 104 Å². The molecule has 0 spiro atoms. The molecule has 1 aromatic carbocycles. The molecule has 0 saturated heterocycles. The van der Waals surface area contributed by atoms with Crippen LogP contribution >= 0.6 is 23.4 Å². The van der Waals surface area contributed by atoms with Gasteiger partial charge in [-0.3, -0.25) is 4.99 Å². The quantitative estimate of drug-likeness (QED) is 0.809. The van der Waals surface area contributed by atoms with Crippen molar-refractivity contribution in [1.82, 2.24) is 0 Å². The normalized spacial score (nSPS) is 24.2. The minimum absolute atomic E-state index is 0.0494. The summed E-state index contributed by atoms with van der Waals surface area (Å²) in [4.78, 5) is 4.46. The number of hydrogen-bond acceptors (Lipinski definition) is 3. The van der Waals surface area contributed by atoms with Crippen molar-refractivity contribution in [2.75, 3.05) is 0 Å². The second-order valence-electron chi connectivity index (χ2n) is 3.70. The summed E-state index contributed by atoms with van der Waals surface area (Å²) in [5.41, 5.74) is 1.11. The minimum Gasteiger partial charge on any atom is -0.506 e. The molecule has 1 heterocycles. The van der Waals surface area contributed by atoms with Crippen LogP contribution in [0.1, 0.15) is 18.5 Å². The number of hydrogen-bond donors (Lipinski definition) is 1. The molecule has 2 unspecified atom stereocenters. The smallest absolute Gasteiger partial charge is 0.140 e. The number of thioether (sulfide) groups is 1. The van der Waals surface area contributed by atoms with Crippen LogP contribution in [0.25, 0.3) is 0 Å². The van der Waals surface area contributed by atoms with Crippen LogP contribution in [-0.4, -0.2) is 15.4 Å². The zero-order valence-electron chi connectivity index (χ0n) is 8.85. The van der Waals surface area contributed by atoms with Gasteiger partial charge in [0, 0.05) is 10.3 Å². The van der Waals surface area contributed by atoms with Crippen LogP contribution in [0.5, 0.6) is 0 Å². The molecule has 0 saturated carbocycles. The fraction of sp³-hybridized carbons (Fsp3) is 0.250. The third-order valence-corrected chi connectivity index (χ3v) is 3.90. The molecule has 1 aromatic rings. The molecule has 84 valence electrons. The fourth-order valence-electron chi connectivity index (χ4n) is 1.65. The van der Waals surface area contributed by atoms with E-state index >= 15 is 0 Å². The van der Waals surface area contributed by atoms with Crippen molar-refractivity contribution in [2.45, 2.75) is 18.2 Å². The third kappa shape index (κ3) is 2.25. The summed E-state index contributed by atoms with van der Waals surface area (Å²) in [5, 5.41) is 11.0.